The first-order valence-electron chi connectivity index (χ1n) is 6.14. The van der Waals surface area contributed by atoms with Crippen LogP contribution >= 0.6 is 11.6 Å². The lowest BCUT2D eigenvalue weighted by atomic mass is 9.88. The van der Waals surface area contributed by atoms with Crippen molar-refractivity contribution >= 4 is 27.4 Å². The fourth-order valence-corrected chi connectivity index (χ4v) is 5.09. The van der Waals surface area contributed by atoms with E-state index in [-0.39, 0.29) is 22.8 Å². The van der Waals surface area contributed by atoms with Crippen LogP contribution in [0.1, 0.15) is 32.1 Å². The van der Waals surface area contributed by atoms with E-state index in [4.69, 9.17) is 11.6 Å². The number of carboxylic acids is 1. The Bertz CT molecular complexity index is 588. The normalized spacial score (nSPS) is 19.0. The predicted octanol–water partition coefficient (Wildman–Crippen LogP) is 2.90. The molecule has 0 aromatic heterocycles. The number of hydrogen-bond acceptors (Lipinski definition) is 3. The van der Waals surface area contributed by atoms with E-state index in [0.29, 0.717) is 12.8 Å². The maximum Gasteiger partial charge on any atom is 0.325 e. The van der Waals surface area contributed by atoms with Crippen molar-refractivity contribution in [3.8, 4) is 0 Å². The zero-order chi connectivity index (χ0) is 14.1. The van der Waals surface area contributed by atoms with Crippen molar-refractivity contribution in [3.05, 3.63) is 29.3 Å². The van der Waals surface area contributed by atoms with E-state index in [0.717, 1.165) is 6.42 Å². The molecule has 0 spiro atoms. The average Bonchev–Trinajstić information content (AvgIpc) is 2.39. The Labute approximate surface area is 117 Å². The number of hydrogen-bond donors (Lipinski definition) is 1. The van der Waals surface area contributed by atoms with E-state index in [1.165, 1.54) is 12.1 Å². The summed E-state index contributed by atoms with van der Waals surface area (Å²) >= 11 is 5.92. The summed E-state index contributed by atoms with van der Waals surface area (Å²) in [5.74, 6) is -1.27. The molecule has 0 bridgehead atoms. The van der Waals surface area contributed by atoms with Crippen molar-refractivity contribution < 1.29 is 18.3 Å². The standard InChI is InChI=1S/C13H15ClO4S/c14-10-6-2-3-7-11(10)19(17,18)13(12(15)16)8-4-1-5-9-13/h2-3,6-7H,1,4-5,8-9H2,(H,15,16). The van der Waals surface area contributed by atoms with E-state index in [1.807, 2.05) is 0 Å². The smallest absolute Gasteiger partial charge is 0.325 e. The lowest BCUT2D eigenvalue weighted by Crippen LogP contribution is -2.48. The summed E-state index contributed by atoms with van der Waals surface area (Å²) in [6, 6.07) is 6.01. The summed E-state index contributed by atoms with van der Waals surface area (Å²) in [6.07, 6.45) is 2.38. The minimum Gasteiger partial charge on any atom is -0.480 e. The van der Waals surface area contributed by atoms with Crippen molar-refractivity contribution in [1.82, 2.24) is 0 Å². The fraction of sp³-hybridized carbons (Fsp3) is 0.462. The summed E-state index contributed by atoms with van der Waals surface area (Å²) in [5, 5.41) is 9.53. The van der Waals surface area contributed by atoms with Crippen LogP contribution in [0.2, 0.25) is 5.02 Å². The predicted molar refractivity (Wildman–Crippen MR) is 72.1 cm³/mol. The SMILES string of the molecule is O=C(O)C1(S(=O)(=O)c2ccccc2Cl)CCCCC1. The van der Waals surface area contributed by atoms with Crippen molar-refractivity contribution in [2.45, 2.75) is 41.7 Å². The topological polar surface area (TPSA) is 71.4 Å². The molecule has 6 heteroatoms. The largest absolute Gasteiger partial charge is 0.480 e. The highest BCUT2D eigenvalue weighted by Crippen LogP contribution is 2.41. The molecule has 4 nitrogen and oxygen atoms in total. The molecule has 1 fully saturated rings. The Morgan fingerprint density at radius 2 is 1.74 bits per heavy atom. The van der Waals surface area contributed by atoms with Gasteiger partial charge in [0.15, 0.2) is 14.6 Å². The van der Waals surface area contributed by atoms with Crippen molar-refractivity contribution in [2.24, 2.45) is 0 Å². The Balaban J connectivity index is 2.59. The Kier molecular flexibility index (Phi) is 3.87. The zero-order valence-corrected chi connectivity index (χ0v) is 11.9. The highest BCUT2D eigenvalue weighted by atomic mass is 35.5. The van der Waals surface area contributed by atoms with Crippen LogP contribution < -0.4 is 0 Å². The molecule has 104 valence electrons. The summed E-state index contributed by atoms with van der Waals surface area (Å²) in [6.45, 7) is 0. The highest BCUT2D eigenvalue weighted by Gasteiger charge is 2.52. The van der Waals surface area contributed by atoms with Gasteiger partial charge in [-0.1, -0.05) is 43.0 Å². The van der Waals surface area contributed by atoms with Gasteiger partial charge in [-0.3, -0.25) is 4.79 Å². The second-order valence-corrected chi connectivity index (χ2v) is 7.43. The van der Waals surface area contributed by atoms with Crippen LogP contribution in [0.15, 0.2) is 29.2 Å². The average molecular weight is 303 g/mol. The molecule has 1 saturated carbocycles. The quantitative estimate of drug-likeness (QED) is 0.932. The number of halogens is 1. The van der Waals surface area contributed by atoms with Gasteiger partial charge in [0, 0.05) is 0 Å². The molecular weight excluding hydrogens is 288 g/mol. The van der Waals surface area contributed by atoms with Crippen LogP contribution in [-0.4, -0.2) is 24.2 Å². The van der Waals surface area contributed by atoms with Gasteiger partial charge in [-0.05, 0) is 25.0 Å². The molecule has 1 aliphatic rings. The van der Waals surface area contributed by atoms with Gasteiger partial charge in [-0.15, -0.1) is 0 Å². The molecule has 1 aliphatic carbocycles. The summed E-state index contributed by atoms with van der Waals surface area (Å²) in [5.41, 5.74) is 0. The van der Waals surface area contributed by atoms with Crippen molar-refractivity contribution in [2.75, 3.05) is 0 Å². The van der Waals surface area contributed by atoms with Gasteiger partial charge < -0.3 is 5.11 Å². The monoisotopic (exact) mass is 302 g/mol. The number of sulfone groups is 1. The molecule has 0 atom stereocenters. The lowest BCUT2D eigenvalue weighted by Gasteiger charge is -2.32. The van der Waals surface area contributed by atoms with E-state index >= 15 is 0 Å². The van der Waals surface area contributed by atoms with Crippen LogP contribution in [0.5, 0.6) is 0 Å². The molecular formula is C13H15ClO4S. The molecule has 0 saturated heterocycles. The van der Waals surface area contributed by atoms with Crippen LogP contribution in [0.25, 0.3) is 0 Å². The van der Waals surface area contributed by atoms with Crippen LogP contribution in [0, 0.1) is 0 Å². The molecule has 0 aliphatic heterocycles. The summed E-state index contributed by atoms with van der Waals surface area (Å²) in [4.78, 5) is 11.5. The Morgan fingerprint density at radius 3 is 2.26 bits per heavy atom. The molecule has 0 unspecified atom stereocenters. The van der Waals surface area contributed by atoms with Crippen molar-refractivity contribution in [1.29, 1.82) is 0 Å². The van der Waals surface area contributed by atoms with Crippen LogP contribution in [-0.2, 0) is 14.6 Å². The molecule has 1 aromatic carbocycles. The third kappa shape index (κ3) is 2.25. The fourth-order valence-electron chi connectivity index (χ4n) is 2.59. The lowest BCUT2D eigenvalue weighted by molar-refractivity contribution is -0.141. The molecule has 1 aromatic rings. The number of aliphatic carboxylic acids is 1. The van der Waals surface area contributed by atoms with E-state index < -0.39 is 20.6 Å². The maximum atomic E-state index is 12.7. The zero-order valence-electron chi connectivity index (χ0n) is 10.3. The first kappa shape index (κ1) is 14.3. The second-order valence-electron chi connectivity index (χ2n) is 4.79. The first-order chi connectivity index (χ1) is 8.92. The molecule has 0 heterocycles. The van der Waals surface area contributed by atoms with Gasteiger partial charge in [-0.25, -0.2) is 8.42 Å². The molecule has 2 rings (SSSR count). The summed E-state index contributed by atoms with van der Waals surface area (Å²) < 4.78 is 23.7. The molecule has 19 heavy (non-hydrogen) atoms. The molecule has 1 N–H and O–H groups in total. The van der Waals surface area contributed by atoms with Gasteiger partial charge in [0.05, 0.1) is 9.92 Å². The number of benzene rings is 1. The van der Waals surface area contributed by atoms with E-state index in [1.54, 1.807) is 12.1 Å². The van der Waals surface area contributed by atoms with Crippen molar-refractivity contribution in [3.63, 3.8) is 0 Å². The number of carbonyl (C=O) groups is 1. The summed E-state index contributed by atoms with van der Waals surface area (Å²) in [7, 11) is -3.99. The minimum absolute atomic E-state index is 0.0775. The van der Waals surface area contributed by atoms with E-state index in [2.05, 4.69) is 0 Å². The van der Waals surface area contributed by atoms with Gasteiger partial charge in [0.1, 0.15) is 0 Å². The first-order valence-corrected chi connectivity index (χ1v) is 8.00. The third-order valence-corrected chi connectivity index (χ3v) is 6.68. The number of carboxylic acid groups (broad SMARTS) is 1. The Morgan fingerprint density at radius 1 is 1.16 bits per heavy atom. The molecule has 0 amide bonds. The molecule has 0 radical (unpaired) electrons. The van der Waals surface area contributed by atoms with Gasteiger partial charge in [0.2, 0.25) is 0 Å². The van der Waals surface area contributed by atoms with Crippen LogP contribution in [0.3, 0.4) is 0 Å². The second kappa shape index (κ2) is 5.13. The van der Waals surface area contributed by atoms with E-state index in [9.17, 15) is 18.3 Å². The Hall–Kier alpha value is -1.07. The maximum absolute atomic E-state index is 12.7. The van der Waals surface area contributed by atoms with Crippen LogP contribution in [0.4, 0.5) is 0 Å². The van der Waals surface area contributed by atoms with Gasteiger partial charge in [-0.2, -0.15) is 0 Å². The van der Waals surface area contributed by atoms with Gasteiger partial charge >= 0.3 is 5.97 Å². The highest BCUT2D eigenvalue weighted by molar-refractivity contribution is 7.93. The van der Waals surface area contributed by atoms with Gasteiger partial charge in [0.25, 0.3) is 0 Å². The third-order valence-electron chi connectivity index (χ3n) is 3.69. The minimum atomic E-state index is -3.99. The number of rotatable bonds is 3.